The van der Waals surface area contributed by atoms with Crippen LogP contribution in [0.15, 0.2) is 16.8 Å². The molecule has 14 heavy (non-hydrogen) atoms. The predicted octanol–water partition coefficient (Wildman–Crippen LogP) is 3.32. The molecule has 0 atom stereocenters. The molecule has 0 aromatic rings. The van der Waals surface area contributed by atoms with Gasteiger partial charge in [-0.15, -0.1) is 0 Å². The minimum Gasteiger partial charge on any atom is -0.356 e. The summed E-state index contributed by atoms with van der Waals surface area (Å²) >= 11 is 1.82. The molecule has 0 unspecified atom stereocenters. The van der Waals surface area contributed by atoms with Gasteiger partial charge in [-0.25, -0.2) is 4.99 Å². The maximum absolute atomic E-state index is 4.40. The molecule has 0 aromatic carbocycles. The second-order valence-corrected chi connectivity index (χ2v) is 4.53. The fraction of sp³-hybridized carbons (Fsp3) is 0.636. The quantitative estimate of drug-likeness (QED) is 0.705. The number of aliphatic imine (C=N–C) groups is 1. The molecule has 0 aromatic heterocycles. The van der Waals surface area contributed by atoms with Crippen LogP contribution in [0.1, 0.15) is 39.5 Å². The zero-order valence-electron chi connectivity index (χ0n) is 9.05. The number of thioether (sulfide) groups is 1. The Balaban J connectivity index is 2.09. The summed E-state index contributed by atoms with van der Waals surface area (Å²) in [7, 11) is 0. The molecule has 0 spiro atoms. The molecule has 1 rings (SSSR count). The van der Waals surface area contributed by atoms with E-state index in [4.69, 9.17) is 0 Å². The number of allylic oxidation sites excluding steroid dienone is 1. The summed E-state index contributed by atoms with van der Waals surface area (Å²) in [6, 6.07) is 0. The summed E-state index contributed by atoms with van der Waals surface area (Å²) in [5.74, 6) is 1.17. The molecule has 1 radical (unpaired) electrons. The van der Waals surface area contributed by atoms with Gasteiger partial charge < -0.3 is 5.32 Å². The Morgan fingerprint density at radius 2 is 2.21 bits per heavy atom. The van der Waals surface area contributed by atoms with Gasteiger partial charge in [-0.05, 0) is 19.4 Å². The molecule has 0 bridgehead atoms. The van der Waals surface area contributed by atoms with E-state index in [1.165, 1.54) is 31.4 Å². The average molecular weight is 211 g/mol. The summed E-state index contributed by atoms with van der Waals surface area (Å²) in [6.45, 7) is 6.22. The van der Waals surface area contributed by atoms with Crippen LogP contribution in [0.25, 0.3) is 0 Å². The lowest BCUT2D eigenvalue weighted by Crippen LogP contribution is -2.19. The number of amidine groups is 1. The fourth-order valence-electron chi connectivity index (χ4n) is 1.23. The fourth-order valence-corrected chi connectivity index (χ4v) is 2.14. The lowest BCUT2D eigenvalue weighted by molar-refractivity contribution is 0.707. The van der Waals surface area contributed by atoms with Gasteiger partial charge in [0.05, 0.1) is 6.54 Å². The minimum atomic E-state index is 1.04. The highest BCUT2D eigenvalue weighted by atomic mass is 32.2. The number of nitrogens with one attached hydrogen (secondary N) is 1. The van der Waals surface area contributed by atoms with Crippen molar-refractivity contribution in [2.45, 2.75) is 39.5 Å². The van der Waals surface area contributed by atoms with Crippen molar-refractivity contribution in [2.24, 2.45) is 4.99 Å². The molecule has 79 valence electrons. The monoisotopic (exact) mass is 211 g/mol. The van der Waals surface area contributed by atoms with E-state index < -0.39 is 0 Å². The van der Waals surface area contributed by atoms with E-state index in [0.29, 0.717) is 0 Å². The molecule has 2 nitrogen and oxygen atoms in total. The topological polar surface area (TPSA) is 24.4 Å². The largest absolute Gasteiger partial charge is 0.356 e. The number of unbranched alkanes of at least 4 members (excludes halogenated alkanes) is 3. The summed E-state index contributed by atoms with van der Waals surface area (Å²) in [5.41, 5.74) is 1.08. The molecule has 1 N–H and O–H groups in total. The number of hydrogen-bond donors (Lipinski definition) is 1. The summed E-state index contributed by atoms with van der Waals surface area (Å²) in [6.07, 6.45) is 7.28. The van der Waals surface area contributed by atoms with Crippen molar-refractivity contribution in [3.8, 4) is 0 Å². The van der Waals surface area contributed by atoms with E-state index >= 15 is 0 Å². The van der Waals surface area contributed by atoms with Crippen LogP contribution in [0.4, 0.5) is 0 Å². The van der Waals surface area contributed by atoms with Gasteiger partial charge in [0.2, 0.25) is 0 Å². The van der Waals surface area contributed by atoms with E-state index in [1.807, 2.05) is 31.3 Å². The van der Waals surface area contributed by atoms with E-state index in [0.717, 1.165) is 10.9 Å². The average Bonchev–Trinajstić information content (AvgIpc) is 2.18. The molecule has 1 aliphatic rings. The van der Waals surface area contributed by atoms with Crippen molar-refractivity contribution in [3.63, 3.8) is 0 Å². The van der Waals surface area contributed by atoms with Crippen molar-refractivity contribution in [1.82, 2.24) is 5.32 Å². The van der Waals surface area contributed by atoms with Crippen LogP contribution in [0.3, 0.4) is 0 Å². The standard InChI is InChI=1S/C11H19N2S/c1-3-4-5-6-9-14-11-12-8-7-10(2)13-11/h7-8H,3-6,9H2,1-2H3,(H,12,13). The second kappa shape index (κ2) is 6.93. The number of hydrogen-bond acceptors (Lipinski definition) is 3. The van der Waals surface area contributed by atoms with E-state index in [1.54, 1.807) is 0 Å². The maximum Gasteiger partial charge on any atom is 0.161 e. The first-order valence-electron chi connectivity index (χ1n) is 5.31. The van der Waals surface area contributed by atoms with Gasteiger partial charge in [-0.1, -0.05) is 37.9 Å². The highest BCUT2D eigenvalue weighted by molar-refractivity contribution is 8.13. The van der Waals surface area contributed by atoms with Gasteiger partial charge in [0, 0.05) is 11.4 Å². The lowest BCUT2D eigenvalue weighted by Gasteiger charge is -2.11. The molecule has 0 amide bonds. The Morgan fingerprint density at radius 3 is 2.93 bits per heavy atom. The van der Waals surface area contributed by atoms with Crippen LogP contribution in [0, 0.1) is 6.54 Å². The number of nitrogens with zero attached hydrogens (tertiary/aromatic N) is 1. The molecule has 1 heterocycles. The smallest absolute Gasteiger partial charge is 0.161 e. The Labute approximate surface area is 91.3 Å². The molecule has 0 fully saturated rings. The Bertz CT molecular complexity index is 221. The predicted molar refractivity (Wildman–Crippen MR) is 65.2 cm³/mol. The van der Waals surface area contributed by atoms with Crippen molar-refractivity contribution in [1.29, 1.82) is 0 Å². The van der Waals surface area contributed by atoms with Gasteiger partial charge in [0.15, 0.2) is 5.17 Å². The maximum atomic E-state index is 4.40. The minimum absolute atomic E-state index is 1.04. The first-order valence-corrected chi connectivity index (χ1v) is 6.29. The molecular formula is C11H19N2S. The molecule has 1 aliphatic heterocycles. The third kappa shape index (κ3) is 4.70. The summed E-state index contributed by atoms with van der Waals surface area (Å²) < 4.78 is 0. The SMILES string of the molecule is CCCCCCSC1=NC(C)=C[CH]N1. The normalized spacial score (nSPS) is 15.9. The molecule has 0 saturated carbocycles. The van der Waals surface area contributed by atoms with Crippen LogP contribution < -0.4 is 5.32 Å². The summed E-state index contributed by atoms with van der Waals surface area (Å²) in [4.78, 5) is 4.40. The van der Waals surface area contributed by atoms with E-state index in [9.17, 15) is 0 Å². The zero-order valence-corrected chi connectivity index (χ0v) is 9.86. The van der Waals surface area contributed by atoms with Crippen LogP contribution in [-0.4, -0.2) is 10.9 Å². The molecule has 0 saturated heterocycles. The van der Waals surface area contributed by atoms with Crippen molar-refractivity contribution in [2.75, 3.05) is 5.75 Å². The van der Waals surface area contributed by atoms with Crippen LogP contribution in [0.5, 0.6) is 0 Å². The molecule has 0 aliphatic carbocycles. The van der Waals surface area contributed by atoms with Crippen LogP contribution >= 0.6 is 11.8 Å². The lowest BCUT2D eigenvalue weighted by atomic mass is 10.2. The highest BCUT2D eigenvalue weighted by Gasteiger charge is 2.03. The van der Waals surface area contributed by atoms with E-state index in [-0.39, 0.29) is 0 Å². The van der Waals surface area contributed by atoms with Crippen LogP contribution in [0.2, 0.25) is 0 Å². The number of rotatable bonds is 5. The Kier molecular flexibility index (Phi) is 5.76. The van der Waals surface area contributed by atoms with Crippen molar-refractivity contribution < 1.29 is 0 Å². The molecular weight excluding hydrogens is 192 g/mol. The van der Waals surface area contributed by atoms with E-state index in [2.05, 4.69) is 17.2 Å². The Hall–Kier alpha value is -0.440. The van der Waals surface area contributed by atoms with Gasteiger partial charge in [0.25, 0.3) is 0 Å². The highest BCUT2D eigenvalue weighted by Crippen LogP contribution is 2.13. The van der Waals surface area contributed by atoms with Crippen molar-refractivity contribution >= 4 is 16.9 Å². The first-order chi connectivity index (χ1) is 6.83. The van der Waals surface area contributed by atoms with Crippen LogP contribution in [-0.2, 0) is 0 Å². The van der Waals surface area contributed by atoms with Crippen molar-refractivity contribution in [3.05, 3.63) is 18.3 Å². The first kappa shape index (κ1) is 11.6. The third-order valence-electron chi connectivity index (χ3n) is 2.05. The zero-order chi connectivity index (χ0) is 10.2. The van der Waals surface area contributed by atoms with Gasteiger partial charge in [0.1, 0.15) is 0 Å². The third-order valence-corrected chi connectivity index (χ3v) is 3.02. The Morgan fingerprint density at radius 1 is 1.36 bits per heavy atom. The van der Waals surface area contributed by atoms with Gasteiger partial charge >= 0.3 is 0 Å². The molecule has 3 heteroatoms. The van der Waals surface area contributed by atoms with Gasteiger partial charge in [-0.2, -0.15) is 0 Å². The van der Waals surface area contributed by atoms with Gasteiger partial charge in [-0.3, -0.25) is 0 Å². The summed E-state index contributed by atoms with van der Waals surface area (Å²) in [5, 5.41) is 4.20. The second-order valence-electron chi connectivity index (χ2n) is 3.45.